The molecule has 78 valence electrons. The van der Waals surface area contributed by atoms with E-state index in [0.29, 0.717) is 0 Å². The van der Waals surface area contributed by atoms with Gasteiger partial charge in [-0.25, -0.2) is 0 Å². The molecule has 0 aliphatic heterocycles. The van der Waals surface area contributed by atoms with Crippen LogP contribution in [0.5, 0.6) is 0 Å². The van der Waals surface area contributed by atoms with E-state index >= 15 is 0 Å². The van der Waals surface area contributed by atoms with Gasteiger partial charge in [0.25, 0.3) is 0 Å². The molecule has 1 aromatic carbocycles. The Kier molecular flexibility index (Phi) is 2.88. The molecule has 0 aromatic heterocycles. The predicted molar refractivity (Wildman–Crippen MR) is 60.1 cm³/mol. The average molecular weight is 202 g/mol. The van der Waals surface area contributed by atoms with Crippen LogP contribution in [-0.4, -0.2) is 11.2 Å². The van der Waals surface area contributed by atoms with E-state index < -0.39 is 6.10 Å². The monoisotopic (exact) mass is 202 g/mol. The molecule has 2 atom stereocenters. The van der Waals surface area contributed by atoms with Gasteiger partial charge in [-0.3, -0.25) is 0 Å². The van der Waals surface area contributed by atoms with Gasteiger partial charge in [-0.15, -0.1) is 0 Å². The van der Waals surface area contributed by atoms with Crippen LogP contribution in [0.4, 0.5) is 0 Å². The molecule has 2 nitrogen and oxygen atoms in total. The first-order valence-electron chi connectivity index (χ1n) is 5.04. The van der Waals surface area contributed by atoms with Crippen molar-refractivity contribution in [2.75, 3.05) is 0 Å². The van der Waals surface area contributed by atoms with E-state index in [4.69, 9.17) is 4.74 Å². The van der Waals surface area contributed by atoms with Gasteiger partial charge in [0.15, 0.2) is 0 Å². The van der Waals surface area contributed by atoms with Gasteiger partial charge in [0.05, 0.1) is 6.26 Å². The van der Waals surface area contributed by atoms with Crippen LogP contribution in [0.25, 0.3) is 6.08 Å². The van der Waals surface area contributed by atoms with Crippen LogP contribution in [0.1, 0.15) is 24.2 Å². The molecule has 1 aliphatic rings. The summed E-state index contributed by atoms with van der Waals surface area (Å²) in [5, 5.41) is 10.0. The first-order valence-corrected chi connectivity index (χ1v) is 5.04. The number of allylic oxidation sites excluding steroid dienone is 1. The molecular formula is C13H14O2. The number of aliphatic hydroxyl groups excluding tert-OH is 1. The summed E-state index contributed by atoms with van der Waals surface area (Å²) in [6, 6.07) is 7.80. The second kappa shape index (κ2) is 4.32. The van der Waals surface area contributed by atoms with E-state index in [1.54, 1.807) is 12.3 Å². The van der Waals surface area contributed by atoms with Crippen LogP contribution in [-0.2, 0) is 4.74 Å². The zero-order valence-corrected chi connectivity index (χ0v) is 8.63. The first kappa shape index (κ1) is 9.99. The topological polar surface area (TPSA) is 29.5 Å². The third-order valence-electron chi connectivity index (χ3n) is 2.46. The molecule has 2 rings (SSSR count). The summed E-state index contributed by atoms with van der Waals surface area (Å²) in [7, 11) is 0. The predicted octanol–water partition coefficient (Wildman–Crippen LogP) is 2.67. The number of fused-ring (bicyclic) bond motifs is 1. The Morgan fingerprint density at radius 2 is 2.13 bits per heavy atom. The molecule has 2 heteroatoms. The molecule has 0 spiro atoms. The standard InChI is InChI=1S/C13H14O2/c1-2-9-15-12-8-7-10-5-3-4-6-11(10)13(12)14/h2-9,12-14H,1H3/b9-2-/t12-,13-/m0/s1. The van der Waals surface area contributed by atoms with Crippen LogP contribution in [0.2, 0.25) is 0 Å². The van der Waals surface area contributed by atoms with Crippen LogP contribution < -0.4 is 0 Å². The maximum absolute atomic E-state index is 10.0. The summed E-state index contributed by atoms with van der Waals surface area (Å²) in [6.45, 7) is 1.88. The average Bonchev–Trinajstić information content (AvgIpc) is 2.29. The van der Waals surface area contributed by atoms with Crippen LogP contribution >= 0.6 is 0 Å². The summed E-state index contributed by atoms with van der Waals surface area (Å²) in [4.78, 5) is 0. The Balaban J connectivity index is 2.25. The van der Waals surface area contributed by atoms with E-state index in [-0.39, 0.29) is 6.10 Å². The van der Waals surface area contributed by atoms with Crippen molar-refractivity contribution < 1.29 is 9.84 Å². The lowest BCUT2D eigenvalue weighted by Gasteiger charge is -2.24. The number of hydrogen-bond acceptors (Lipinski definition) is 2. The maximum atomic E-state index is 10.0. The fourth-order valence-corrected chi connectivity index (χ4v) is 1.70. The van der Waals surface area contributed by atoms with Gasteiger partial charge in [-0.2, -0.15) is 0 Å². The molecule has 1 N–H and O–H groups in total. The quantitative estimate of drug-likeness (QED) is 0.747. The molecule has 1 aromatic rings. The van der Waals surface area contributed by atoms with Crippen molar-refractivity contribution in [1.82, 2.24) is 0 Å². The normalized spacial score (nSPS) is 24.1. The third kappa shape index (κ3) is 1.95. The minimum atomic E-state index is -0.581. The van der Waals surface area contributed by atoms with Gasteiger partial charge in [-0.05, 0) is 24.1 Å². The largest absolute Gasteiger partial charge is 0.491 e. The Labute approximate surface area is 89.5 Å². The Bertz CT molecular complexity index is 393. The number of hydrogen-bond donors (Lipinski definition) is 1. The fraction of sp³-hybridized carbons (Fsp3) is 0.231. The lowest BCUT2D eigenvalue weighted by molar-refractivity contribution is 0.0356. The van der Waals surface area contributed by atoms with Crippen molar-refractivity contribution in [3.8, 4) is 0 Å². The van der Waals surface area contributed by atoms with Crippen molar-refractivity contribution in [2.45, 2.75) is 19.1 Å². The molecule has 0 amide bonds. The summed E-state index contributed by atoms with van der Waals surface area (Å²) < 4.78 is 5.38. The summed E-state index contributed by atoms with van der Waals surface area (Å²) in [5.41, 5.74) is 1.99. The minimum absolute atomic E-state index is 0.281. The van der Waals surface area contributed by atoms with Gasteiger partial charge in [0.2, 0.25) is 0 Å². The molecule has 15 heavy (non-hydrogen) atoms. The van der Waals surface area contributed by atoms with Crippen molar-refractivity contribution in [3.63, 3.8) is 0 Å². The number of ether oxygens (including phenoxy) is 1. The fourth-order valence-electron chi connectivity index (χ4n) is 1.70. The van der Waals surface area contributed by atoms with Crippen molar-refractivity contribution >= 4 is 6.08 Å². The van der Waals surface area contributed by atoms with E-state index in [1.807, 2.05) is 43.3 Å². The SMILES string of the molecule is C/C=C\O[C@H]1C=Cc2ccccc2[C@@H]1O. The highest BCUT2D eigenvalue weighted by Crippen LogP contribution is 2.29. The lowest BCUT2D eigenvalue weighted by Crippen LogP contribution is -2.21. The van der Waals surface area contributed by atoms with Gasteiger partial charge >= 0.3 is 0 Å². The van der Waals surface area contributed by atoms with Crippen molar-refractivity contribution in [1.29, 1.82) is 0 Å². The Morgan fingerprint density at radius 3 is 2.93 bits per heavy atom. The van der Waals surface area contributed by atoms with Gasteiger partial charge < -0.3 is 9.84 Å². The van der Waals surface area contributed by atoms with Crippen LogP contribution in [0.15, 0.2) is 42.7 Å². The van der Waals surface area contributed by atoms with E-state index in [0.717, 1.165) is 11.1 Å². The molecule has 0 saturated carbocycles. The molecule has 0 unspecified atom stereocenters. The van der Waals surface area contributed by atoms with E-state index in [9.17, 15) is 5.11 Å². The van der Waals surface area contributed by atoms with Crippen LogP contribution in [0, 0.1) is 0 Å². The minimum Gasteiger partial charge on any atom is -0.491 e. The highest BCUT2D eigenvalue weighted by Gasteiger charge is 2.24. The number of aliphatic hydroxyl groups is 1. The van der Waals surface area contributed by atoms with E-state index in [2.05, 4.69) is 0 Å². The van der Waals surface area contributed by atoms with Crippen molar-refractivity contribution in [2.24, 2.45) is 0 Å². The summed E-state index contributed by atoms with van der Waals surface area (Å²) >= 11 is 0. The van der Waals surface area contributed by atoms with Crippen molar-refractivity contribution in [3.05, 3.63) is 53.8 Å². The maximum Gasteiger partial charge on any atom is 0.146 e. The zero-order chi connectivity index (χ0) is 10.7. The smallest absolute Gasteiger partial charge is 0.146 e. The molecule has 0 bridgehead atoms. The van der Waals surface area contributed by atoms with Gasteiger partial charge in [0.1, 0.15) is 12.2 Å². The van der Waals surface area contributed by atoms with Gasteiger partial charge in [-0.1, -0.05) is 36.4 Å². The molecule has 0 saturated heterocycles. The molecule has 0 fully saturated rings. The first-order chi connectivity index (χ1) is 7.33. The second-order valence-electron chi connectivity index (χ2n) is 3.50. The molecular weight excluding hydrogens is 188 g/mol. The Morgan fingerprint density at radius 1 is 1.33 bits per heavy atom. The van der Waals surface area contributed by atoms with E-state index in [1.165, 1.54) is 0 Å². The number of benzene rings is 1. The highest BCUT2D eigenvalue weighted by atomic mass is 16.5. The highest BCUT2D eigenvalue weighted by molar-refractivity contribution is 5.58. The lowest BCUT2D eigenvalue weighted by atomic mass is 9.93. The van der Waals surface area contributed by atoms with Gasteiger partial charge in [0, 0.05) is 0 Å². The summed E-state index contributed by atoms with van der Waals surface area (Å²) in [5.74, 6) is 0. The zero-order valence-electron chi connectivity index (χ0n) is 8.63. The van der Waals surface area contributed by atoms with Crippen LogP contribution in [0.3, 0.4) is 0 Å². The summed E-state index contributed by atoms with van der Waals surface area (Å²) in [6.07, 6.45) is 6.41. The second-order valence-corrected chi connectivity index (χ2v) is 3.50. The third-order valence-corrected chi connectivity index (χ3v) is 2.46. The number of rotatable bonds is 2. The molecule has 0 heterocycles. The molecule has 1 aliphatic carbocycles. The Hall–Kier alpha value is -1.54. The molecule has 0 radical (unpaired) electrons.